The summed E-state index contributed by atoms with van der Waals surface area (Å²) in [6.07, 6.45) is 5.42. The summed E-state index contributed by atoms with van der Waals surface area (Å²) in [6.45, 7) is 2.07. The number of amides is 1. The molecule has 1 amide bonds. The van der Waals surface area contributed by atoms with E-state index in [1.54, 1.807) is 19.1 Å². The van der Waals surface area contributed by atoms with Crippen LogP contribution in [0.2, 0.25) is 5.15 Å². The first-order valence-corrected chi connectivity index (χ1v) is 9.04. The highest BCUT2D eigenvalue weighted by Crippen LogP contribution is 2.38. The van der Waals surface area contributed by atoms with Crippen molar-refractivity contribution in [3.8, 4) is 0 Å². The van der Waals surface area contributed by atoms with Gasteiger partial charge in [-0.15, -0.1) is 11.3 Å². The minimum atomic E-state index is -0.385. The molecule has 0 saturated carbocycles. The maximum Gasteiger partial charge on any atom is 0.341 e. The zero-order valence-electron chi connectivity index (χ0n) is 13.2. The third-order valence-corrected chi connectivity index (χ3v) is 5.39. The number of halogens is 1. The number of pyridine rings is 1. The Balaban J connectivity index is 1.95. The Kier molecular flexibility index (Phi) is 5.16. The second-order valence-corrected chi connectivity index (χ2v) is 6.89. The summed E-state index contributed by atoms with van der Waals surface area (Å²) < 4.78 is 5.18. The second-order valence-electron chi connectivity index (χ2n) is 5.43. The molecule has 0 spiro atoms. The summed E-state index contributed by atoms with van der Waals surface area (Å²) in [4.78, 5) is 29.9. The molecule has 0 bridgehead atoms. The Morgan fingerprint density at radius 1 is 1.38 bits per heavy atom. The monoisotopic (exact) mass is 364 g/mol. The molecule has 0 aliphatic heterocycles. The smallest absolute Gasteiger partial charge is 0.341 e. The zero-order chi connectivity index (χ0) is 17.1. The fraction of sp³-hybridized carbons (Fsp3) is 0.353. The van der Waals surface area contributed by atoms with Gasteiger partial charge in [0.25, 0.3) is 5.91 Å². The molecule has 0 atom stereocenters. The molecule has 1 aliphatic carbocycles. The third kappa shape index (κ3) is 3.30. The van der Waals surface area contributed by atoms with Crippen LogP contribution in [0.4, 0.5) is 5.00 Å². The number of hydrogen-bond donors (Lipinski definition) is 1. The lowest BCUT2D eigenvalue weighted by molar-refractivity contribution is 0.0526. The summed E-state index contributed by atoms with van der Waals surface area (Å²) in [5, 5.41) is 3.48. The number of nitrogens with one attached hydrogen (secondary N) is 1. The SMILES string of the molecule is CCOC(=O)c1c(NC(=O)c2cccnc2Cl)sc2c1CCCC2. The van der Waals surface area contributed by atoms with Crippen LogP contribution in [0.5, 0.6) is 0 Å². The number of aryl methyl sites for hydroxylation is 1. The molecule has 1 aliphatic rings. The van der Waals surface area contributed by atoms with Crippen LogP contribution in [0.15, 0.2) is 18.3 Å². The van der Waals surface area contributed by atoms with Crippen LogP contribution < -0.4 is 5.32 Å². The molecular formula is C17H17ClN2O3S. The number of rotatable bonds is 4. The number of esters is 1. The molecule has 0 radical (unpaired) electrons. The molecule has 3 rings (SSSR count). The number of nitrogens with zero attached hydrogens (tertiary/aromatic N) is 1. The molecule has 2 aromatic heterocycles. The van der Waals surface area contributed by atoms with Crippen molar-refractivity contribution in [3.05, 3.63) is 45.1 Å². The van der Waals surface area contributed by atoms with Gasteiger partial charge in [-0.3, -0.25) is 4.79 Å². The number of anilines is 1. The number of hydrogen-bond acceptors (Lipinski definition) is 5. The fourth-order valence-corrected chi connectivity index (χ4v) is 4.28. The first-order valence-electron chi connectivity index (χ1n) is 7.85. The summed E-state index contributed by atoms with van der Waals surface area (Å²) in [5.74, 6) is -0.762. The Bertz CT molecular complexity index is 788. The van der Waals surface area contributed by atoms with Crippen molar-refractivity contribution in [1.82, 2.24) is 4.98 Å². The average molecular weight is 365 g/mol. The van der Waals surface area contributed by atoms with Crippen molar-refractivity contribution in [2.24, 2.45) is 0 Å². The number of ether oxygens (including phenoxy) is 1. The lowest BCUT2D eigenvalue weighted by atomic mass is 9.95. The van der Waals surface area contributed by atoms with Gasteiger partial charge in [0.2, 0.25) is 0 Å². The lowest BCUT2D eigenvalue weighted by Crippen LogP contribution is -2.16. The second kappa shape index (κ2) is 7.32. The minimum absolute atomic E-state index is 0.133. The fourth-order valence-electron chi connectivity index (χ4n) is 2.80. The van der Waals surface area contributed by atoms with E-state index in [0.29, 0.717) is 17.2 Å². The molecule has 7 heteroatoms. The quantitative estimate of drug-likeness (QED) is 0.655. The molecule has 2 aromatic rings. The van der Waals surface area contributed by atoms with E-state index in [9.17, 15) is 9.59 Å². The van der Waals surface area contributed by atoms with Crippen molar-refractivity contribution < 1.29 is 14.3 Å². The molecule has 0 saturated heterocycles. The maximum absolute atomic E-state index is 12.5. The predicted molar refractivity (Wildman–Crippen MR) is 94.1 cm³/mol. The van der Waals surface area contributed by atoms with Gasteiger partial charge in [0, 0.05) is 11.1 Å². The van der Waals surface area contributed by atoms with Crippen LogP contribution in [0.25, 0.3) is 0 Å². The Hall–Kier alpha value is -1.92. The topological polar surface area (TPSA) is 68.3 Å². The van der Waals surface area contributed by atoms with E-state index < -0.39 is 0 Å². The van der Waals surface area contributed by atoms with E-state index in [4.69, 9.17) is 16.3 Å². The van der Waals surface area contributed by atoms with Gasteiger partial charge in [-0.25, -0.2) is 9.78 Å². The van der Waals surface area contributed by atoms with Gasteiger partial charge in [0.15, 0.2) is 0 Å². The van der Waals surface area contributed by atoms with Crippen molar-refractivity contribution >= 4 is 39.8 Å². The number of fused-ring (bicyclic) bond motifs is 1. The van der Waals surface area contributed by atoms with Crippen molar-refractivity contribution in [2.45, 2.75) is 32.6 Å². The summed E-state index contributed by atoms with van der Waals surface area (Å²) in [6, 6.07) is 3.24. The number of aromatic nitrogens is 1. The molecule has 2 heterocycles. The lowest BCUT2D eigenvalue weighted by Gasteiger charge is -2.12. The van der Waals surface area contributed by atoms with E-state index in [1.807, 2.05) is 0 Å². The molecule has 1 N–H and O–H groups in total. The van der Waals surface area contributed by atoms with Crippen LogP contribution in [-0.2, 0) is 17.6 Å². The third-order valence-electron chi connectivity index (χ3n) is 3.88. The van der Waals surface area contributed by atoms with E-state index in [1.165, 1.54) is 17.5 Å². The standard InChI is InChI=1S/C17H17ClN2O3S/c1-2-23-17(22)13-10-6-3-4-8-12(10)24-16(13)20-15(21)11-7-5-9-19-14(11)18/h5,7,9H,2-4,6,8H2,1H3,(H,20,21). The highest BCUT2D eigenvalue weighted by molar-refractivity contribution is 7.17. The summed E-state index contributed by atoms with van der Waals surface area (Å²) in [7, 11) is 0. The van der Waals surface area contributed by atoms with E-state index in [-0.39, 0.29) is 22.6 Å². The van der Waals surface area contributed by atoms with Crippen LogP contribution in [-0.4, -0.2) is 23.5 Å². The molecule has 5 nitrogen and oxygen atoms in total. The predicted octanol–water partition coefficient (Wildman–Crippen LogP) is 4.10. The first kappa shape index (κ1) is 16.9. The van der Waals surface area contributed by atoms with Gasteiger partial charge in [-0.2, -0.15) is 0 Å². The van der Waals surface area contributed by atoms with Crippen molar-refractivity contribution in [1.29, 1.82) is 0 Å². The minimum Gasteiger partial charge on any atom is -0.462 e. The van der Waals surface area contributed by atoms with Gasteiger partial charge in [0.05, 0.1) is 17.7 Å². The van der Waals surface area contributed by atoms with Crippen molar-refractivity contribution in [3.63, 3.8) is 0 Å². The van der Waals surface area contributed by atoms with E-state index in [0.717, 1.165) is 36.1 Å². The molecule has 0 aromatic carbocycles. The van der Waals surface area contributed by atoms with Crippen LogP contribution in [0.3, 0.4) is 0 Å². The summed E-state index contributed by atoms with van der Waals surface area (Å²) in [5.41, 5.74) is 1.78. The maximum atomic E-state index is 12.5. The Morgan fingerprint density at radius 2 is 2.17 bits per heavy atom. The molecule has 0 unspecified atom stereocenters. The number of carbonyl (C=O) groups excluding carboxylic acids is 2. The van der Waals surface area contributed by atoms with Gasteiger partial charge >= 0.3 is 5.97 Å². The highest BCUT2D eigenvalue weighted by Gasteiger charge is 2.27. The van der Waals surface area contributed by atoms with Gasteiger partial charge in [-0.05, 0) is 50.3 Å². The number of thiophene rings is 1. The van der Waals surface area contributed by atoms with E-state index in [2.05, 4.69) is 10.3 Å². The van der Waals surface area contributed by atoms with Crippen molar-refractivity contribution in [2.75, 3.05) is 11.9 Å². The van der Waals surface area contributed by atoms with Gasteiger partial charge in [-0.1, -0.05) is 11.6 Å². The Morgan fingerprint density at radius 3 is 2.92 bits per heavy atom. The molecular weight excluding hydrogens is 348 g/mol. The molecule has 126 valence electrons. The highest BCUT2D eigenvalue weighted by atomic mass is 35.5. The van der Waals surface area contributed by atoms with Crippen LogP contribution in [0, 0.1) is 0 Å². The molecule has 0 fully saturated rings. The summed E-state index contributed by atoms with van der Waals surface area (Å²) >= 11 is 7.43. The van der Waals surface area contributed by atoms with Gasteiger partial charge in [0.1, 0.15) is 10.2 Å². The molecule has 24 heavy (non-hydrogen) atoms. The average Bonchev–Trinajstić information content (AvgIpc) is 2.93. The zero-order valence-corrected chi connectivity index (χ0v) is 14.8. The first-order chi connectivity index (χ1) is 11.6. The largest absolute Gasteiger partial charge is 0.462 e. The Labute approximate surface area is 149 Å². The normalized spacial score (nSPS) is 13.2. The number of carbonyl (C=O) groups is 2. The van der Waals surface area contributed by atoms with Gasteiger partial charge < -0.3 is 10.1 Å². The van der Waals surface area contributed by atoms with Crippen LogP contribution >= 0.6 is 22.9 Å². The van der Waals surface area contributed by atoms with E-state index >= 15 is 0 Å². The van der Waals surface area contributed by atoms with Crippen LogP contribution in [0.1, 0.15) is 50.9 Å².